The second-order valence-corrected chi connectivity index (χ2v) is 9.34. The number of carboxylic acid groups (broad SMARTS) is 1. The minimum atomic E-state index is -2.99. The van der Waals surface area contributed by atoms with Crippen LogP contribution in [0.15, 0.2) is 78.9 Å². The quantitative estimate of drug-likeness (QED) is 0.190. The van der Waals surface area contributed by atoms with Crippen molar-refractivity contribution in [2.45, 2.75) is 32.3 Å². The number of ether oxygens (including phenoxy) is 5. The highest BCUT2D eigenvalue weighted by atomic mass is 19.3. The summed E-state index contributed by atoms with van der Waals surface area (Å²) in [5.41, 5.74) is 0.762. The number of halogens is 2. The van der Waals surface area contributed by atoms with Gasteiger partial charge in [-0.1, -0.05) is 30.3 Å². The van der Waals surface area contributed by atoms with Crippen molar-refractivity contribution in [2.24, 2.45) is 0 Å². The molecule has 0 radical (unpaired) electrons. The zero-order chi connectivity index (χ0) is 30.4. The van der Waals surface area contributed by atoms with Gasteiger partial charge in [0.05, 0.1) is 13.2 Å². The van der Waals surface area contributed by atoms with E-state index in [2.05, 4.69) is 0 Å². The topological polar surface area (TPSA) is 104 Å². The fraction of sp³-hybridized carbons (Fsp3) is 0.355. The molecule has 11 heteroatoms. The summed E-state index contributed by atoms with van der Waals surface area (Å²) in [5.74, 6) is -2.02. The van der Waals surface area contributed by atoms with Crippen LogP contribution >= 0.6 is 0 Å². The van der Waals surface area contributed by atoms with Gasteiger partial charge in [0.25, 0.3) is 5.92 Å². The van der Waals surface area contributed by atoms with E-state index < -0.39 is 30.7 Å². The number of hydrogen-bond donors (Lipinski definition) is 1. The van der Waals surface area contributed by atoms with Gasteiger partial charge < -0.3 is 33.7 Å². The van der Waals surface area contributed by atoms with Crippen molar-refractivity contribution in [3.63, 3.8) is 0 Å². The van der Waals surface area contributed by atoms with Gasteiger partial charge in [-0.25, -0.2) is 18.4 Å². The summed E-state index contributed by atoms with van der Waals surface area (Å²) in [7, 11) is 0. The maximum absolute atomic E-state index is 13.1. The summed E-state index contributed by atoms with van der Waals surface area (Å²) in [5, 5.41) is 9.27. The molecule has 0 aromatic heterocycles. The van der Waals surface area contributed by atoms with E-state index in [1.54, 1.807) is 55.5 Å². The number of amides is 1. The first-order chi connectivity index (χ1) is 20.1. The Kier molecular flexibility index (Phi) is 12.5. The number of carboxylic acids is 1. The van der Waals surface area contributed by atoms with Crippen LogP contribution in [0, 0.1) is 0 Å². The maximum atomic E-state index is 13.1. The van der Waals surface area contributed by atoms with Crippen LogP contribution < -0.4 is 14.2 Å². The van der Waals surface area contributed by atoms with E-state index in [4.69, 9.17) is 23.7 Å². The summed E-state index contributed by atoms with van der Waals surface area (Å²) >= 11 is 0. The fourth-order valence-electron chi connectivity index (χ4n) is 3.71. The van der Waals surface area contributed by atoms with Gasteiger partial charge in [-0.2, -0.15) is 0 Å². The SMILES string of the molecule is CCOC(Cc1ccc(OCCN(CCOCC(C)(F)F)C(=O)Oc2ccc(Oc3ccccc3)cc2)cc1)C(=O)O. The van der Waals surface area contributed by atoms with E-state index in [0.29, 0.717) is 17.2 Å². The minimum absolute atomic E-state index is 0.000415. The van der Waals surface area contributed by atoms with E-state index in [0.717, 1.165) is 12.5 Å². The van der Waals surface area contributed by atoms with Gasteiger partial charge >= 0.3 is 12.1 Å². The van der Waals surface area contributed by atoms with Gasteiger partial charge in [0.15, 0.2) is 6.10 Å². The van der Waals surface area contributed by atoms with E-state index in [9.17, 15) is 23.5 Å². The summed E-state index contributed by atoms with van der Waals surface area (Å²) in [6.07, 6.45) is -1.43. The largest absolute Gasteiger partial charge is 0.492 e. The lowest BCUT2D eigenvalue weighted by molar-refractivity contribution is -0.149. The molecule has 0 spiro atoms. The van der Waals surface area contributed by atoms with E-state index in [1.165, 1.54) is 4.90 Å². The van der Waals surface area contributed by atoms with Gasteiger partial charge in [0.2, 0.25) is 0 Å². The van der Waals surface area contributed by atoms with Crippen LogP contribution in [0.4, 0.5) is 13.6 Å². The number of alkyl halides is 2. The van der Waals surface area contributed by atoms with Crippen molar-refractivity contribution in [3.05, 3.63) is 84.4 Å². The summed E-state index contributed by atoms with van der Waals surface area (Å²) in [4.78, 5) is 25.6. The standard InChI is InChI=1S/C31H35F2NO8/c1-3-39-28(29(35)36)21-23-9-11-24(12-10-23)40-20-18-34(17-19-38-22-31(2,32)33)30(37)42-27-15-13-26(14-16-27)41-25-7-5-4-6-8-25/h4-16,28H,3,17-22H2,1-2H3,(H,35,36). The molecule has 0 saturated carbocycles. The molecule has 1 unspecified atom stereocenters. The number of para-hydroxylation sites is 1. The van der Waals surface area contributed by atoms with Crippen LogP contribution in [0.5, 0.6) is 23.0 Å². The summed E-state index contributed by atoms with van der Waals surface area (Å²) in [6, 6.07) is 22.6. The Morgan fingerprint density at radius 2 is 1.45 bits per heavy atom. The highest BCUT2D eigenvalue weighted by molar-refractivity contribution is 5.72. The molecule has 9 nitrogen and oxygen atoms in total. The van der Waals surface area contributed by atoms with Crippen molar-refractivity contribution >= 4 is 12.1 Å². The third-order valence-corrected chi connectivity index (χ3v) is 5.74. The monoisotopic (exact) mass is 587 g/mol. The third-order valence-electron chi connectivity index (χ3n) is 5.74. The van der Waals surface area contributed by atoms with E-state index in [1.807, 2.05) is 30.3 Å². The first kappa shape index (κ1) is 32.3. The molecule has 3 aromatic rings. The Morgan fingerprint density at radius 3 is 2.07 bits per heavy atom. The fourth-order valence-corrected chi connectivity index (χ4v) is 3.71. The molecule has 1 N–H and O–H groups in total. The second-order valence-electron chi connectivity index (χ2n) is 9.34. The molecule has 0 saturated heterocycles. The van der Waals surface area contributed by atoms with Crippen LogP contribution in [0.2, 0.25) is 0 Å². The summed E-state index contributed by atoms with van der Waals surface area (Å²) < 4.78 is 53.5. The van der Waals surface area contributed by atoms with Crippen molar-refractivity contribution in [1.29, 1.82) is 0 Å². The smallest absolute Gasteiger partial charge is 0.415 e. The first-order valence-electron chi connectivity index (χ1n) is 13.4. The molecule has 0 heterocycles. The number of benzene rings is 3. The molecular formula is C31H35F2NO8. The zero-order valence-corrected chi connectivity index (χ0v) is 23.5. The Morgan fingerprint density at radius 1 is 0.857 bits per heavy atom. The predicted octanol–water partition coefficient (Wildman–Crippen LogP) is 6.06. The van der Waals surface area contributed by atoms with Crippen molar-refractivity contribution in [1.82, 2.24) is 4.90 Å². The molecule has 1 atom stereocenters. The highest BCUT2D eigenvalue weighted by Crippen LogP contribution is 2.24. The van der Waals surface area contributed by atoms with Gasteiger partial charge in [-0.05, 0) is 61.0 Å². The van der Waals surface area contributed by atoms with Crippen molar-refractivity contribution in [2.75, 3.05) is 39.5 Å². The number of rotatable bonds is 17. The Balaban J connectivity index is 1.55. The number of nitrogens with zero attached hydrogens (tertiary/aromatic N) is 1. The van der Waals surface area contributed by atoms with Gasteiger partial charge in [0.1, 0.15) is 36.2 Å². The summed E-state index contributed by atoms with van der Waals surface area (Å²) in [6.45, 7) is 2.05. The Labute approximate surface area is 243 Å². The first-order valence-corrected chi connectivity index (χ1v) is 13.4. The van der Waals surface area contributed by atoms with Crippen LogP contribution in [0.1, 0.15) is 19.4 Å². The molecule has 1 amide bonds. The lowest BCUT2D eigenvalue weighted by Crippen LogP contribution is -2.39. The van der Waals surface area contributed by atoms with Crippen LogP contribution in [0.3, 0.4) is 0 Å². The number of carbonyl (C=O) groups excluding carboxylic acids is 1. The molecule has 0 fully saturated rings. The highest BCUT2D eigenvalue weighted by Gasteiger charge is 2.22. The molecule has 42 heavy (non-hydrogen) atoms. The van der Waals surface area contributed by atoms with Crippen molar-refractivity contribution < 1.29 is 47.2 Å². The van der Waals surface area contributed by atoms with Crippen LogP contribution in [0.25, 0.3) is 0 Å². The molecular weight excluding hydrogens is 552 g/mol. The number of aliphatic carboxylic acids is 1. The van der Waals surface area contributed by atoms with Gasteiger partial charge in [0, 0.05) is 26.5 Å². The molecule has 3 aromatic carbocycles. The lowest BCUT2D eigenvalue weighted by atomic mass is 10.1. The number of carbonyl (C=O) groups is 2. The normalized spacial score (nSPS) is 11.9. The predicted molar refractivity (Wildman–Crippen MR) is 151 cm³/mol. The molecule has 0 aliphatic rings. The van der Waals surface area contributed by atoms with Gasteiger partial charge in [-0.3, -0.25) is 0 Å². The van der Waals surface area contributed by atoms with Crippen molar-refractivity contribution in [3.8, 4) is 23.0 Å². The Bertz CT molecular complexity index is 1230. The molecule has 3 rings (SSSR count). The maximum Gasteiger partial charge on any atom is 0.415 e. The van der Waals surface area contributed by atoms with E-state index in [-0.39, 0.29) is 45.1 Å². The van der Waals surface area contributed by atoms with Gasteiger partial charge in [-0.15, -0.1) is 0 Å². The molecule has 0 bridgehead atoms. The minimum Gasteiger partial charge on any atom is -0.492 e. The average Bonchev–Trinajstić information content (AvgIpc) is 2.96. The van der Waals surface area contributed by atoms with E-state index >= 15 is 0 Å². The number of hydrogen-bond acceptors (Lipinski definition) is 7. The Hall–Kier alpha value is -4.22. The molecule has 0 aliphatic heterocycles. The lowest BCUT2D eigenvalue weighted by Gasteiger charge is -2.22. The average molecular weight is 588 g/mol. The molecule has 0 aliphatic carbocycles. The van der Waals surface area contributed by atoms with Crippen LogP contribution in [-0.4, -0.2) is 73.6 Å². The molecule has 226 valence electrons. The third kappa shape index (κ3) is 11.7. The second kappa shape index (κ2) is 16.3. The zero-order valence-electron chi connectivity index (χ0n) is 23.5. The van der Waals surface area contributed by atoms with Crippen LogP contribution in [-0.2, 0) is 20.7 Å².